The number of nitrogens with zero attached hydrogens (tertiary/aromatic N) is 1. The molecule has 2 aromatic carbocycles. The molecule has 0 aromatic heterocycles. The standard InChI is InChI=1S/C25H33N3O4S/c1-17(2)19-7-11-23(12-8-19)33(31,32)28-15-13-21(14-16-28)25(30)27-22-9-5-20(6-10-22)24(29)26-18(3)4/h5-12,17-18,21H,13-16H2,1-4H3,(H,26,29)(H,27,30). The van der Waals surface area contributed by atoms with Crippen molar-refractivity contribution in [3.8, 4) is 0 Å². The second-order valence-corrected chi connectivity index (χ2v) is 11.0. The summed E-state index contributed by atoms with van der Waals surface area (Å²) in [6.45, 7) is 8.53. The summed E-state index contributed by atoms with van der Waals surface area (Å²) >= 11 is 0. The molecule has 2 aromatic rings. The van der Waals surface area contributed by atoms with Gasteiger partial charge in [0.2, 0.25) is 15.9 Å². The summed E-state index contributed by atoms with van der Waals surface area (Å²) in [5, 5.41) is 5.71. The Labute approximate surface area is 196 Å². The van der Waals surface area contributed by atoms with Gasteiger partial charge in [0.05, 0.1) is 4.90 Å². The van der Waals surface area contributed by atoms with Crippen LogP contribution < -0.4 is 10.6 Å². The van der Waals surface area contributed by atoms with Gasteiger partial charge in [-0.25, -0.2) is 8.42 Å². The number of hydrogen-bond donors (Lipinski definition) is 2. The lowest BCUT2D eigenvalue weighted by molar-refractivity contribution is -0.120. The van der Waals surface area contributed by atoms with Crippen LogP contribution in [0.3, 0.4) is 0 Å². The maximum absolute atomic E-state index is 13.0. The third-order valence-electron chi connectivity index (χ3n) is 5.84. The number of carbonyl (C=O) groups excluding carboxylic acids is 2. The highest BCUT2D eigenvalue weighted by atomic mass is 32.2. The lowest BCUT2D eigenvalue weighted by atomic mass is 9.97. The fourth-order valence-corrected chi connectivity index (χ4v) is 5.30. The first-order chi connectivity index (χ1) is 15.6. The lowest BCUT2D eigenvalue weighted by Crippen LogP contribution is -2.41. The van der Waals surface area contributed by atoms with E-state index in [1.54, 1.807) is 36.4 Å². The SMILES string of the molecule is CC(C)NC(=O)c1ccc(NC(=O)C2CCN(S(=O)(=O)c3ccc(C(C)C)cc3)CC2)cc1. The zero-order valence-electron chi connectivity index (χ0n) is 19.7. The van der Waals surface area contributed by atoms with Gasteiger partial charge in [-0.2, -0.15) is 4.31 Å². The highest BCUT2D eigenvalue weighted by molar-refractivity contribution is 7.89. The number of rotatable bonds is 7. The predicted octanol–water partition coefficient (Wildman–Crippen LogP) is 3.99. The van der Waals surface area contributed by atoms with Gasteiger partial charge in [-0.1, -0.05) is 26.0 Å². The van der Waals surface area contributed by atoms with Crippen molar-refractivity contribution < 1.29 is 18.0 Å². The molecule has 178 valence electrons. The Bertz CT molecular complexity index is 1070. The largest absolute Gasteiger partial charge is 0.350 e. The number of carbonyl (C=O) groups is 2. The van der Waals surface area contributed by atoms with E-state index in [1.165, 1.54) is 4.31 Å². The molecule has 0 bridgehead atoms. The second-order valence-electron chi connectivity index (χ2n) is 9.10. The molecule has 33 heavy (non-hydrogen) atoms. The zero-order chi connectivity index (χ0) is 24.2. The molecule has 1 saturated heterocycles. The van der Waals surface area contributed by atoms with Crippen molar-refractivity contribution in [1.82, 2.24) is 9.62 Å². The Morgan fingerprint density at radius 2 is 1.48 bits per heavy atom. The van der Waals surface area contributed by atoms with Crippen LogP contribution >= 0.6 is 0 Å². The highest BCUT2D eigenvalue weighted by Gasteiger charge is 2.32. The molecule has 0 atom stereocenters. The summed E-state index contributed by atoms with van der Waals surface area (Å²) in [7, 11) is -3.57. The van der Waals surface area contributed by atoms with Gasteiger partial charge in [0.1, 0.15) is 0 Å². The second kappa shape index (κ2) is 10.5. The maximum atomic E-state index is 13.0. The number of piperidine rings is 1. The fraction of sp³-hybridized carbons (Fsp3) is 0.440. The van der Waals surface area contributed by atoms with Crippen LogP contribution in [0.5, 0.6) is 0 Å². The number of sulfonamides is 1. The Kier molecular flexibility index (Phi) is 7.92. The molecule has 0 spiro atoms. The number of hydrogen-bond acceptors (Lipinski definition) is 4. The van der Waals surface area contributed by atoms with Crippen molar-refractivity contribution in [2.45, 2.75) is 57.4 Å². The van der Waals surface area contributed by atoms with Crippen LogP contribution in [0.15, 0.2) is 53.4 Å². The van der Waals surface area contributed by atoms with Crippen LogP contribution in [-0.2, 0) is 14.8 Å². The Morgan fingerprint density at radius 3 is 2.00 bits per heavy atom. The summed E-state index contributed by atoms with van der Waals surface area (Å²) in [6, 6.07) is 13.8. The highest BCUT2D eigenvalue weighted by Crippen LogP contribution is 2.26. The Morgan fingerprint density at radius 1 is 0.909 bits per heavy atom. The average Bonchev–Trinajstić information content (AvgIpc) is 2.79. The van der Waals surface area contributed by atoms with Crippen LogP contribution in [0.25, 0.3) is 0 Å². The minimum absolute atomic E-state index is 0.0472. The monoisotopic (exact) mass is 471 g/mol. The van der Waals surface area contributed by atoms with Gasteiger partial charge in [-0.05, 0) is 74.6 Å². The molecular formula is C25H33N3O4S. The first-order valence-electron chi connectivity index (χ1n) is 11.4. The van der Waals surface area contributed by atoms with Crippen LogP contribution in [0.4, 0.5) is 5.69 Å². The Balaban J connectivity index is 1.56. The molecule has 0 unspecified atom stereocenters. The van der Waals surface area contributed by atoms with Crippen molar-refractivity contribution in [3.05, 3.63) is 59.7 Å². The third-order valence-corrected chi connectivity index (χ3v) is 7.76. The van der Waals surface area contributed by atoms with E-state index in [2.05, 4.69) is 24.5 Å². The molecule has 8 heteroatoms. The first-order valence-corrected chi connectivity index (χ1v) is 12.8. The molecule has 7 nitrogen and oxygen atoms in total. The van der Waals surface area contributed by atoms with Crippen LogP contribution in [0, 0.1) is 5.92 Å². The number of nitrogens with one attached hydrogen (secondary N) is 2. The van der Waals surface area contributed by atoms with Crippen LogP contribution in [-0.4, -0.2) is 43.7 Å². The van der Waals surface area contributed by atoms with E-state index in [0.717, 1.165) is 5.56 Å². The molecule has 3 rings (SSSR count). The van der Waals surface area contributed by atoms with E-state index in [-0.39, 0.29) is 28.7 Å². The Hall–Kier alpha value is -2.71. The van der Waals surface area contributed by atoms with E-state index >= 15 is 0 Å². The molecule has 2 amide bonds. The lowest BCUT2D eigenvalue weighted by Gasteiger charge is -2.30. The topological polar surface area (TPSA) is 95.6 Å². The van der Waals surface area contributed by atoms with E-state index < -0.39 is 10.0 Å². The van der Waals surface area contributed by atoms with Gasteiger partial charge >= 0.3 is 0 Å². The smallest absolute Gasteiger partial charge is 0.251 e. The predicted molar refractivity (Wildman–Crippen MR) is 130 cm³/mol. The van der Waals surface area contributed by atoms with Gasteiger partial charge in [-0.15, -0.1) is 0 Å². The van der Waals surface area contributed by atoms with Gasteiger partial charge in [-0.3, -0.25) is 9.59 Å². The zero-order valence-corrected chi connectivity index (χ0v) is 20.5. The van der Waals surface area contributed by atoms with Crippen LogP contribution in [0.2, 0.25) is 0 Å². The molecule has 1 aliphatic rings. The molecular weight excluding hydrogens is 438 g/mol. The number of benzene rings is 2. The van der Waals surface area contributed by atoms with Gasteiger partial charge in [0, 0.05) is 36.3 Å². The molecule has 1 heterocycles. The minimum atomic E-state index is -3.57. The molecule has 0 radical (unpaired) electrons. The molecule has 1 fully saturated rings. The van der Waals surface area contributed by atoms with Gasteiger partial charge in [0.15, 0.2) is 0 Å². The number of amides is 2. The molecule has 2 N–H and O–H groups in total. The molecule has 1 aliphatic heterocycles. The van der Waals surface area contributed by atoms with E-state index in [4.69, 9.17) is 0 Å². The van der Waals surface area contributed by atoms with E-state index in [9.17, 15) is 18.0 Å². The summed E-state index contributed by atoms with van der Waals surface area (Å²) in [5.74, 6) is -0.212. The number of anilines is 1. The summed E-state index contributed by atoms with van der Waals surface area (Å²) in [6.07, 6.45) is 0.925. The first kappa shape index (κ1) is 24.9. The quantitative estimate of drug-likeness (QED) is 0.638. The van der Waals surface area contributed by atoms with Crippen molar-refractivity contribution in [2.24, 2.45) is 5.92 Å². The van der Waals surface area contributed by atoms with Crippen molar-refractivity contribution in [3.63, 3.8) is 0 Å². The maximum Gasteiger partial charge on any atom is 0.251 e. The van der Waals surface area contributed by atoms with Crippen molar-refractivity contribution in [2.75, 3.05) is 18.4 Å². The molecule has 0 saturated carbocycles. The minimum Gasteiger partial charge on any atom is -0.350 e. The average molecular weight is 472 g/mol. The van der Waals surface area contributed by atoms with Gasteiger partial charge < -0.3 is 10.6 Å². The third kappa shape index (κ3) is 6.21. The van der Waals surface area contributed by atoms with Crippen molar-refractivity contribution in [1.29, 1.82) is 0 Å². The summed E-state index contributed by atoms with van der Waals surface area (Å²) in [4.78, 5) is 25.0. The van der Waals surface area contributed by atoms with E-state index in [0.29, 0.717) is 43.1 Å². The van der Waals surface area contributed by atoms with Gasteiger partial charge in [0.25, 0.3) is 5.91 Å². The van der Waals surface area contributed by atoms with E-state index in [1.807, 2.05) is 26.0 Å². The summed E-state index contributed by atoms with van der Waals surface area (Å²) < 4.78 is 27.4. The van der Waals surface area contributed by atoms with Crippen LogP contribution in [0.1, 0.15) is 62.4 Å². The molecule has 0 aliphatic carbocycles. The summed E-state index contributed by atoms with van der Waals surface area (Å²) in [5.41, 5.74) is 2.24. The van der Waals surface area contributed by atoms with Crippen molar-refractivity contribution >= 4 is 27.5 Å². The fourth-order valence-electron chi connectivity index (χ4n) is 3.83. The normalized spacial score (nSPS) is 15.6.